The first-order chi connectivity index (χ1) is 11.1. The molecule has 5 heteroatoms. The van der Waals surface area contributed by atoms with Crippen molar-refractivity contribution >= 4 is 23.1 Å². The molecule has 1 aromatic rings. The van der Waals surface area contributed by atoms with Gasteiger partial charge in [0.15, 0.2) is 0 Å². The smallest absolute Gasteiger partial charge is 0.332 e. The molecule has 2 rings (SSSR count). The van der Waals surface area contributed by atoms with Gasteiger partial charge < -0.3 is 9.64 Å². The molecule has 0 saturated carbocycles. The predicted molar refractivity (Wildman–Crippen MR) is 92.0 cm³/mol. The number of ether oxygens (including phenoxy) is 1. The number of hydrogen-bond acceptors (Lipinski definition) is 3. The number of anilines is 1. The van der Waals surface area contributed by atoms with Crippen molar-refractivity contribution < 1.29 is 18.7 Å². The number of nitrogens with zero attached hydrogens (tertiary/aromatic N) is 1. The number of esters is 1. The van der Waals surface area contributed by atoms with Crippen LogP contribution in [0.1, 0.15) is 46.6 Å². The molecule has 0 radical (unpaired) electrons. The maximum atomic E-state index is 14.3. The Morgan fingerprint density at radius 1 is 1.38 bits per heavy atom. The van der Waals surface area contributed by atoms with Gasteiger partial charge in [-0.1, -0.05) is 32.4 Å². The Morgan fingerprint density at radius 3 is 2.62 bits per heavy atom. The number of rotatable bonds is 4. The standard InChI is InChI=1S/C19H24FNO3/c1-6-12(2)11-21-17-13(8-7-9-15(17)20)14(18(21)23)10-16(22)24-19(3,4)5/h7-10,12H,6,11H2,1-5H3/b14-10+/t12-/m0/s1. The molecular weight excluding hydrogens is 309 g/mol. The van der Waals surface area contributed by atoms with Crippen LogP contribution in [-0.4, -0.2) is 24.0 Å². The molecule has 1 aliphatic heterocycles. The minimum Gasteiger partial charge on any atom is -0.457 e. The lowest BCUT2D eigenvalue weighted by molar-refractivity contribution is -0.148. The van der Waals surface area contributed by atoms with Crippen molar-refractivity contribution in [2.24, 2.45) is 5.92 Å². The third kappa shape index (κ3) is 3.83. The fourth-order valence-corrected chi connectivity index (χ4v) is 2.57. The zero-order valence-electron chi connectivity index (χ0n) is 14.9. The molecule has 1 aromatic carbocycles. The summed E-state index contributed by atoms with van der Waals surface area (Å²) in [5.74, 6) is -1.20. The number of fused-ring (bicyclic) bond motifs is 1. The van der Waals surface area contributed by atoms with Crippen LogP contribution >= 0.6 is 0 Å². The molecule has 24 heavy (non-hydrogen) atoms. The molecule has 0 saturated heterocycles. The molecule has 4 nitrogen and oxygen atoms in total. The van der Waals surface area contributed by atoms with E-state index < -0.39 is 17.4 Å². The van der Waals surface area contributed by atoms with E-state index in [1.54, 1.807) is 26.8 Å². The molecule has 130 valence electrons. The second kappa shape index (κ2) is 6.75. The molecule has 1 atom stereocenters. The van der Waals surface area contributed by atoms with E-state index in [0.29, 0.717) is 12.1 Å². The van der Waals surface area contributed by atoms with Crippen LogP contribution in [0.5, 0.6) is 0 Å². The van der Waals surface area contributed by atoms with E-state index in [1.807, 2.05) is 13.8 Å². The molecule has 1 aliphatic rings. The Labute approximate surface area is 142 Å². The summed E-state index contributed by atoms with van der Waals surface area (Å²) >= 11 is 0. The second-order valence-electron chi connectivity index (χ2n) is 7.16. The molecular formula is C19H24FNO3. The molecule has 0 N–H and O–H groups in total. The molecule has 0 fully saturated rings. The van der Waals surface area contributed by atoms with Gasteiger partial charge in [-0.2, -0.15) is 0 Å². The lowest BCUT2D eigenvalue weighted by Crippen LogP contribution is -2.31. The lowest BCUT2D eigenvalue weighted by Gasteiger charge is -2.21. The normalized spacial score (nSPS) is 17.2. The largest absolute Gasteiger partial charge is 0.457 e. The van der Waals surface area contributed by atoms with Crippen molar-refractivity contribution in [3.05, 3.63) is 35.7 Å². The van der Waals surface area contributed by atoms with Crippen LogP contribution < -0.4 is 4.90 Å². The summed E-state index contributed by atoms with van der Waals surface area (Å²) in [7, 11) is 0. The Bertz CT molecular complexity index is 688. The van der Waals surface area contributed by atoms with Gasteiger partial charge in [-0.05, 0) is 32.8 Å². The fourth-order valence-electron chi connectivity index (χ4n) is 2.57. The third-order valence-corrected chi connectivity index (χ3v) is 3.88. The quantitative estimate of drug-likeness (QED) is 0.619. The number of para-hydroxylation sites is 1. The summed E-state index contributed by atoms with van der Waals surface area (Å²) < 4.78 is 19.6. The zero-order chi connectivity index (χ0) is 18.1. The van der Waals surface area contributed by atoms with E-state index in [4.69, 9.17) is 4.74 Å². The van der Waals surface area contributed by atoms with E-state index in [-0.39, 0.29) is 23.1 Å². The number of amides is 1. The van der Waals surface area contributed by atoms with Crippen LogP contribution in [0, 0.1) is 11.7 Å². The first kappa shape index (κ1) is 18.2. The number of hydrogen-bond donors (Lipinski definition) is 0. The van der Waals surface area contributed by atoms with Crippen molar-refractivity contribution in [1.29, 1.82) is 0 Å². The van der Waals surface area contributed by atoms with Gasteiger partial charge in [-0.3, -0.25) is 4.79 Å². The number of benzene rings is 1. The SMILES string of the molecule is CC[C@H](C)CN1C(=O)/C(=C/C(=O)OC(C)(C)C)c2cccc(F)c21. The minimum absolute atomic E-state index is 0.182. The van der Waals surface area contributed by atoms with E-state index >= 15 is 0 Å². The van der Waals surface area contributed by atoms with Gasteiger partial charge in [0.05, 0.1) is 11.3 Å². The molecule has 1 amide bonds. The average molecular weight is 333 g/mol. The van der Waals surface area contributed by atoms with Gasteiger partial charge >= 0.3 is 5.97 Å². The van der Waals surface area contributed by atoms with Gasteiger partial charge in [-0.25, -0.2) is 9.18 Å². The molecule has 0 unspecified atom stereocenters. The van der Waals surface area contributed by atoms with Crippen LogP contribution in [0.25, 0.3) is 5.57 Å². The first-order valence-electron chi connectivity index (χ1n) is 8.19. The van der Waals surface area contributed by atoms with Crippen LogP contribution in [0.2, 0.25) is 0 Å². The molecule has 0 aromatic heterocycles. The van der Waals surface area contributed by atoms with Crippen molar-refractivity contribution in [1.82, 2.24) is 0 Å². The van der Waals surface area contributed by atoms with Gasteiger partial charge in [0, 0.05) is 18.2 Å². The van der Waals surface area contributed by atoms with Gasteiger partial charge in [-0.15, -0.1) is 0 Å². The summed E-state index contributed by atoms with van der Waals surface area (Å²) in [5, 5.41) is 0. The van der Waals surface area contributed by atoms with Gasteiger partial charge in [0.25, 0.3) is 5.91 Å². The number of halogens is 1. The maximum absolute atomic E-state index is 14.3. The molecule has 0 aliphatic carbocycles. The van der Waals surface area contributed by atoms with Crippen LogP contribution in [-0.2, 0) is 14.3 Å². The molecule has 1 heterocycles. The van der Waals surface area contributed by atoms with E-state index in [2.05, 4.69) is 0 Å². The van der Waals surface area contributed by atoms with E-state index in [9.17, 15) is 14.0 Å². The van der Waals surface area contributed by atoms with Crippen molar-refractivity contribution in [2.45, 2.75) is 46.6 Å². The Balaban J connectivity index is 2.43. The average Bonchev–Trinajstić information content (AvgIpc) is 2.72. The summed E-state index contributed by atoms with van der Waals surface area (Å²) in [6.45, 7) is 9.69. The summed E-state index contributed by atoms with van der Waals surface area (Å²) in [5.41, 5.74) is 0.214. The monoisotopic (exact) mass is 333 g/mol. The van der Waals surface area contributed by atoms with Crippen LogP contribution in [0.15, 0.2) is 24.3 Å². The summed E-state index contributed by atoms with van der Waals surface area (Å²) in [6.07, 6.45) is 2.04. The molecule has 0 spiro atoms. The highest BCUT2D eigenvalue weighted by atomic mass is 19.1. The maximum Gasteiger partial charge on any atom is 0.332 e. The van der Waals surface area contributed by atoms with Crippen molar-refractivity contribution in [3.8, 4) is 0 Å². The number of carbonyl (C=O) groups is 2. The molecule has 0 bridgehead atoms. The highest BCUT2D eigenvalue weighted by molar-refractivity contribution is 6.34. The van der Waals surface area contributed by atoms with Crippen LogP contribution in [0.4, 0.5) is 10.1 Å². The third-order valence-electron chi connectivity index (χ3n) is 3.88. The summed E-state index contributed by atoms with van der Waals surface area (Å²) in [4.78, 5) is 26.3. The lowest BCUT2D eigenvalue weighted by atomic mass is 10.1. The van der Waals surface area contributed by atoms with Crippen LogP contribution in [0.3, 0.4) is 0 Å². The van der Waals surface area contributed by atoms with Crippen molar-refractivity contribution in [2.75, 3.05) is 11.4 Å². The Hall–Kier alpha value is -2.17. The summed E-state index contributed by atoms with van der Waals surface area (Å²) in [6, 6.07) is 4.52. The Kier molecular flexibility index (Phi) is 5.11. The van der Waals surface area contributed by atoms with E-state index in [1.165, 1.54) is 23.1 Å². The Morgan fingerprint density at radius 2 is 2.04 bits per heavy atom. The highest BCUT2D eigenvalue weighted by Gasteiger charge is 2.36. The predicted octanol–water partition coefficient (Wildman–Crippen LogP) is 3.94. The first-order valence-corrected chi connectivity index (χ1v) is 8.19. The number of carbonyl (C=O) groups excluding carboxylic acids is 2. The van der Waals surface area contributed by atoms with Gasteiger partial charge in [0.1, 0.15) is 11.4 Å². The van der Waals surface area contributed by atoms with Crippen molar-refractivity contribution in [3.63, 3.8) is 0 Å². The fraction of sp³-hybridized carbons (Fsp3) is 0.474. The topological polar surface area (TPSA) is 46.6 Å². The highest BCUT2D eigenvalue weighted by Crippen LogP contribution is 2.39. The zero-order valence-corrected chi connectivity index (χ0v) is 14.9. The second-order valence-corrected chi connectivity index (χ2v) is 7.16. The van der Waals surface area contributed by atoms with Gasteiger partial charge in [0.2, 0.25) is 0 Å². The minimum atomic E-state index is -0.656. The van der Waals surface area contributed by atoms with E-state index in [0.717, 1.165) is 6.42 Å².